The van der Waals surface area contributed by atoms with Gasteiger partial charge in [-0.25, -0.2) is 14.6 Å². The van der Waals surface area contributed by atoms with Crippen molar-refractivity contribution in [3.8, 4) is 22.4 Å². The fraction of sp³-hybridized carbons (Fsp3) is 0.519. The number of methoxy groups -OCH3 is 1. The second-order valence-electron chi connectivity index (χ2n) is 20.8. The highest BCUT2D eigenvalue weighted by molar-refractivity contribution is 5.96. The number of amides is 5. The van der Waals surface area contributed by atoms with E-state index in [0.717, 1.165) is 39.0 Å². The summed E-state index contributed by atoms with van der Waals surface area (Å²) in [6.45, 7) is 17.7. The van der Waals surface area contributed by atoms with Crippen LogP contribution in [0.25, 0.3) is 33.3 Å². The molecule has 8 rings (SSSR count). The highest BCUT2D eigenvalue weighted by Gasteiger charge is 2.45. The Hall–Kier alpha value is -6.17. The van der Waals surface area contributed by atoms with Crippen LogP contribution in [0.5, 0.6) is 0 Å². The molecule has 0 saturated carbocycles. The van der Waals surface area contributed by atoms with Gasteiger partial charge in [0.15, 0.2) is 0 Å². The standard InChI is InChI=1S/C54H69FN8O8/c1-10-45(64)61-30-54(71-32-61)18-22-60(23-19-54)52(68)59(8)47(33(3)4)49(65)57-43-26-35-24-37(27-38(55)25-35)36-16-17-44-40(28-36)41(48(62(44)11-2)39-14-12-20-56-46(39)34(5)69-9)29-53(6,7)31-70-51(67)42-15-13-21-63(58-42)50(43)66/h10,12,14,16-17,20,24-25,27-28,33-34,42-43,47,58H,1,11,13,15,18-19,21-23,26,29-32H2,2-9H3,(H,57,65)/t34-,42-,43-,47-/m0/s1. The zero-order valence-electron chi connectivity index (χ0n) is 42.4. The Morgan fingerprint density at radius 2 is 1.82 bits per heavy atom. The van der Waals surface area contributed by atoms with Gasteiger partial charge in [0.05, 0.1) is 36.2 Å². The van der Waals surface area contributed by atoms with Gasteiger partial charge in [0.1, 0.15) is 30.7 Å². The molecule has 4 aliphatic rings. The van der Waals surface area contributed by atoms with Crippen LogP contribution in [0.15, 0.2) is 67.4 Å². The van der Waals surface area contributed by atoms with E-state index in [0.29, 0.717) is 69.4 Å². The van der Waals surface area contributed by atoms with Crippen LogP contribution in [0, 0.1) is 17.2 Å². The summed E-state index contributed by atoms with van der Waals surface area (Å²) in [5, 5.41) is 5.30. The van der Waals surface area contributed by atoms with E-state index >= 15 is 4.39 Å². The molecule has 0 aliphatic carbocycles. The normalized spacial score (nSPS) is 21.2. The predicted octanol–water partition coefficient (Wildman–Crippen LogP) is 6.80. The topological polar surface area (TPSA) is 168 Å². The molecular weight excluding hydrogens is 908 g/mol. The first-order valence-corrected chi connectivity index (χ1v) is 24.9. The number of likely N-dealkylation sites (N-methyl/N-ethyl adjacent to an activating group) is 1. The lowest BCUT2D eigenvalue weighted by Crippen LogP contribution is -2.62. The number of hydrazine groups is 1. The van der Waals surface area contributed by atoms with Gasteiger partial charge in [0, 0.05) is 74.8 Å². The highest BCUT2D eigenvalue weighted by Crippen LogP contribution is 2.42. The van der Waals surface area contributed by atoms with Gasteiger partial charge in [-0.3, -0.25) is 29.2 Å². The van der Waals surface area contributed by atoms with Crippen LogP contribution in [0.1, 0.15) is 90.2 Å². The summed E-state index contributed by atoms with van der Waals surface area (Å²) in [5.74, 6) is -2.67. The Kier molecular flexibility index (Phi) is 15.1. The van der Waals surface area contributed by atoms with Crippen LogP contribution in [-0.2, 0) is 52.8 Å². The number of aryl methyl sites for hydroxylation is 1. The molecule has 2 aromatic carbocycles. The van der Waals surface area contributed by atoms with Crippen molar-refractivity contribution < 1.29 is 42.6 Å². The molecule has 3 fully saturated rings. The number of nitrogens with zero attached hydrogens (tertiary/aromatic N) is 6. The van der Waals surface area contributed by atoms with Crippen molar-refractivity contribution in [3.63, 3.8) is 0 Å². The summed E-state index contributed by atoms with van der Waals surface area (Å²) < 4.78 is 36.3. The summed E-state index contributed by atoms with van der Waals surface area (Å²) in [7, 11) is 3.24. The third-order valence-corrected chi connectivity index (χ3v) is 14.7. The van der Waals surface area contributed by atoms with Gasteiger partial charge in [-0.1, -0.05) is 46.4 Å². The smallest absolute Gasteiger partial charge is 0.324 e. The Morgan fingerprint density at radius 3 is 2.52 bits per heavy atom. The number of aromatic nitrogens is 2. The monoisotopic (exact) mass is 977 g/mol. The molecule has 3 saturated heterocycles. The van der Waals surface area contributed by atoms with E-state index in [1.807, 2.05) is 45.0 Å². The average Bonchev–Trinajstić information content (AvgIpc) is 3.91. The van der Waals surface area contributed by atoms with E-state index in [1.54, 1.807) is 30.2 Å². The minimum absolute atomic E-state index is 0.0838. The van der Waals surface area contributed by atoms with E-state index in [2.05, 4.69) is 54.8 Å². The number of likely N-dealkylation sites (tertiary alicyclic amines) is 1. The van der Waals surface area contributed by atoms with Crippen molar-refractivity contribution >= 4 is 40.6 Å². The number of halogens is 1. The number of carbonyl (C=O) groups excluding carboxylic acids is 5. The number of pyridine rings is 1. The summed E-state index contributed by atoms with van der Waals surface area (Å²) in [6.07, 6.45) is 5.07. The number of hydrogen-bond acceptors (Lipinski definition) is 10. The molecule has 4 aliphatic heterocycles. The highest BCUT2D eigenvalue weighted by atomic mass is 19.1. The van der Waals surface area contributed by atoms with Gasteiger partial charge < -0.3 is 38.8 Å². The van der Waals surface area contributed by atoms with Crippen molar-refractivity contribution in [2.24, 2.45) is 11.3 Å². The third-order valence-electron chi connectivity index (χ3n) is 14.7. The second kappa shape index (κ2) is 20.9. The number of benzene rings is 2. The van der Waals surface area contributed by atoms with E-state index in [4.69, 9.17) is 19.2 Å². The molecule has 0 unspecified atom stereocenters. The van der Waals surface area contributed by atoms with Crippen molar-refractivity contribution in [2.45, 2.75) is 116 Å². The maximum absolute atomic E-state index is 16.1. The van der Waals surface area contributed by atoms with Crippen LogP contribution < -0.4 is 10.7 Å². The molecule has 17 heteroatoms. The summed E-state index contributed by atoms with van der Waals surface area (Å²) in [6, 6.07) is 11.4. The number of hydrogen-bond donors (Lipinski definition) is 2. The lowest BCUT2D eigenvalue weighted by atomic mass is 9.84. The molecule has 5 amide bonds. The maximum atomic E-state index is 16.1. The molecular formula is C54H69FN8O8. The number of piperidine rings is 1. The van der Waals surface area contributed by atoms with Crippen molar-refractivity contribution in [1.82, 2.24) is 40.0 Å². The molecule has 4 aromatic rings. The molecule has 71 heavy (non-hydrogen) atoms. The molecule has 6 bridgehead atoms. The number of rotatable bonds is 9. The molecule has 1 spiro atoms. The summed E-state index contributed by atoms with van der Waals surface area (Å²) >= 11 is 0. The fourth-order valence-electron chi connectivity index (χ4n) is 10.9. The van der Waals surface area contributed by atoms with Gasteiger partial charge in [-0.2, -0.15) is 0 Å². The minimum atomic E-state index is -1.23. The molecule has 0 radical (unpaired) electrons. The van der Waals surface area contributed by atoms with E-state index in [1.165, 1.54) is 28.1 Å². The molecule has 16 nitrogen and oxygen atoms in total. The minimum Gasteiger partial charge on any atom is -0.464 e. The van der Waals surface area contributed by atoms with Crippen LogP contribution >= 0.6 is 0 Å². The number of cyclic esters (lactones) is 1. The number of urea groups is 1. The van der Waals surface area contributed by atoms with E-state index in [-0.39, 0.29) is 50.3 Å². The number of fused-ring (bicyclic) bond motifs is 6. The zero-order chi connectivity index (χ0) is 50.9. The van der Waals surface area contributed by atoms with E-state index in [9.17, 15) is 24.0 Å². The van der Waals surface area contributed by atoms with Gasteiger partial charge >= 0.3 is 12.0 Å². The first-order chi connectivity index (χ1) is 33.9. The van der Waals surface area contributed by atoms with Crippen molar-refractivity contribution in [3.05, 3.63) is 90.0 Å². The first kappa shape index (κ1) is 51.2. The molecule has 6 heterocycles. The predicted molar refractivity (Wildman–Crippen MR) is 267 cm³/mol. The third kappa shape index (κ3) is 10.6. The maximum Gasteiger partial charge on any atom is 0.324 e. The Balaban J connectivity index is 1.14. The summed E-state index contributed by atoms with van der Waals surface area (Å²) in [5.41, 5.74) is 8.47. The SMILES string of the molecule is C=CC(=O)N1COC2(CCN(C(=O)N(C)[C@H](C(=O)N[C@H]3Cc4cc(F)cc(c4)-c4ccc5c(c4)c(c(-c4cccnc4[C@H](C)OC)n5CC)CC(C)(C)COC(=O)[C@@H]4CCCN(N4)C3=O)C(C)C)CC2)C1. The van der Waals surface area contributed by atoms with Crippen molar-refractivity contribution in [2.75, 3.05) is 53.7 Å². The average molecular weight is 977 g/mol. The fourth-order valence-corrected chi connectivity index (χ4v) is 10.9. The Labute approximate surface area is 415 Å². The number of esters is 1. The summed E-state index contributed by atoms with van der Waals surface area (Å²) in [4.78, 5) is 79.4. The largest absolute Gasteiger partial charge is 0.464 e. The molecule has 2 N–H and O–H groups in total. The number of carbonyl (C=O) groups is 5. The van der Waals surface area contributed by atoms with Gasteiger partial charge in [-0.15, -0.1) is 0 Å². The molecule has 2 aromatic heterocycles. The number of ether oxygens (including phenoxy) is 3. The Morgan fingerprint density at radius 1 is 1.06 bits per heavy atom. The van der Waals surface area contributed by atoms with Crippen LogP contribution in [0.2, 0.25) is 0 Å². The zero-order valence-corrected chi connectivity index (χ0v) is 42.4. The molecule has 4 atom stereocenters. The second-order valence-corrected chi connectivity index (χ2v) is 20.8. The van der Waals surface area contributed by atoms with Gasteiger partial charge in [0.25, 0.3) is 5.91 Å². The van der Waals surface area contributed by atoms with Gasteiger partial charge in [0.2, 0.25) is 11.8 Å². The quantitative estimate of drug-likeness (QED) is 0.135. The van der Waals surface area contributed by atoms with E-state index < -0.39 is 52.7 Å². The lowest BCUT2D eigenvalue weighted by molar-refractivity contribution is -0.155. The van der Waals surface area contributed by atoms with Crippen LogP contribution in [0.4, 0.5) is 9.18 Å². The van der Waals surface area contributed by atoms with Crippen LogP contribution in [-0.4, -0.2) is 136 Å². The number of nitrogens with one attached hydrogen (secondary N) is 2. The van der Waals surface area contributed by atoms with Gasteiger partial charge in [-0.05, 0) is 117 Å². The molecule has 380 valence electrons. The lowest BCUT2D eigenvalue weighted by Gasteiger charge is -2.41. The van der Waals surface area contributed by atoms with Crippen molar-refractivity contribution in [1.29, 1.82) is 0 Å². The van der Waals surface area contributed by atoms with Crippen LogP contribution in [0.3, 0.4) is 0 Å². The Bertz CT molecular complexity index is 2690. The first-order valence-electron chi connectivity index (χ1n) is 24.9.